The molecule has 1 rings (SSSR count). The molecule has 1 saturated carbocycles. The maximum Gasteiger partial charge on any atom is 0.324 e. The van der Waals surface area contributed by atoms with Gasteiger partial charge in [-0.2, -0.15) is 0 Å². The van der Waals surface area contributed by atoms with Gasteiger partial charge in [-0.15, -0.1) is 0 Å². The molecule has 0 saturated heterocycles. The predicted molar refractivity (Wildman–Crippen MR) is 63.3 cm³/mol. The van der Waals surface area contributed by atoms with E-state index in [1.807, 2.05) is 13.8 Å². The van der Waals surface area contributed by atoms with Crippen LogP contribution in [0.4, 0.5) is 0 Å². The topological polar surface area (TPSA) is 52.6 Å². The molecule has 0 aromatic rings. The van der Waals surface area contributed by atoms with Crippen LogP contribution in [-0.2, 0) is 19.1 Å². The molecule has 2 atom stereocenters. The molecule has 1 fully saturated rings. The fourth-order valence-electron chi connectivity index (χ4n) is 2.83. The summed E-state index contributed by atoms with van der Waals surface area (Å²) in [5.74, 6) is -0.877. The first-order chi connectivity index (χ1) is 8.01. The predicted octanol–water partition coefficient (Wildman–Crippen LogP) is 2.17. The van der Waals surface area contributed by atoms with Crippen molar-refractivity contribution >= 4 is 11.9 Å². The molecule has 0 bridgehead atoms. The first kappa shape index (κ1) is 14.0. The minimum absolute atomic E-state index is 0.0180. The Hall–Kier alpha value is -1.06. The van der Waals surface area contributed by atoms with Crippen molar-refractivity contribution in [1.29, 1.82) is 0 Å². The Bertz CT molecular complexity index is 268. The molecule has 4 heteroatoms. The minimum atomic E-state index is -1.09. The monoisotopic (exact) mass is 242 g/mol. The summed E-state index contributed by atoms with van der Waals surface area (Å²) in [7, 11) is 0. The Morgan fingerprint density at radius 1 is 1.00 bits per heavy atom. The van der Waals surface area contributed by atoms with Gasteiger partial charge in [-0.25, -0.2) is 0 Å². The van der Waals surface area contributed by atoms with Crippen molar-refractivity contribution in [3.8, 4) is 0 Å². The van der Waals surface area contributed by atoms with E-state index in [0.717, 1.165) is 12.8 Å². The summed E-state index contributed by atoms with van der Waals surface area (Å²) in [6.45, 7) is 7.94. The highest BCUT2D eigenvalue weighted by atomic mass is 16.6. The number of carbonyl (C=O) groups is 2. The van der Waals surface area contributed by atoms with Crippen molar-refractivity contribution in [2.45, 2.75) is 40.5 Å². The van der Waals surface area contributed by atoms with Crippen molar-refractivity contribution in [2.75, 3.05) is 13.2 Å². The SMILES string of the molecule is CCOC(=O)C1(C(=O)OCC)C(C)CCC1C. The third kappa shape index (κ3) is 2.17. The zero-order valence-corrected chi connectivity index (χ0v) is 11.1. The summed E-state index contributed by atoms with van der Waals surface area (Å²) in [6, 6.07) is 0. The van der Waals surface area contributed by atoms with E-state index in [9.17, 15) is 9.59 Å². The number of carbonyl (C=O) groups excluding carboxylic acids is 2. The first-order valence-corrected chi connectivity index (χ1v) is 6.36. The lowest BCUT2D eigenvalue weighted by Gasteiger charge is -2.32. The van der Waals surface area contributed by atoms with Gasteiger partial charge in [-0.1, -0.05) is 13.8 Å². The number of hydrogen-bond donors (Lipinski definition) is 0. The molecule has 1 aliphatic carbocycles. The fraction of sp³-hybridized carbons (Fsp3) is 0.846. The smallest absolute Gasteiger partial charge is 0.324 e. The summed E-state index contributed by atoms with van der Waals surface area (Å²) in [5.41, 5.74) is -1.09. The third-order valence-electron chi connectivity index (χ3n) is 3.81. The van der Waals surface area contributed by atoms with Gasteiger partial charge >= 0.3 is 11.9 Å². The van der Waals surface area contributed by atoms with Gasteiger partial charge in [0, 0.05) is 0 Å². The van der Waals surface area contributed by atoms with E-state index in [-0.39, 0.29) is 11.8 Å². The molecule has 2 unspecified atom stereocenters. The largest absolute Gasteiger partial charge is 0.465 e. The summed E-state index contributed by atoms with van der Waals surface area (Å²) >= 11 is 0. The van der Waals surface area contributed by atoms with Gasteiger partial charge in [0.05, 0.1) is 13.2 Å². The van der Waals surface area contributed by atoms with E-state index in [4.69, 9.17) is 9.47 Å². The molecule has 0 radical (unpaired) electrons. The number of esters is 2. The van der Waals surface area contributed by atoms with E-state index >= 15 is 0 Å². The lowest BCUT2D eigenvalue weighted by atomic mass is 9.73. The Morgan fingerprint density at radius 3 is 1.65 bits per heavy atom. The third-order valence-corrected chi connectivity index (χ3v) is 3.81. The van der Waals surface area contributed by atoms with Crippen LogP contribution in [0.5, 0.6) is 0 Å². The lowest BCUT2D eigenvalue weighted by Crippen LogP contribution is -2.48. The van der Waals surface area contributed by atoms with Crippen LogP contribution in [0.3, 0.4) is 0 Å². The molecule has 0 spiro atoms. The molecular formula is C13H22O4. The number of rotatable bonds is 4. The van der Waals surface area contributed by atoms with E-state index in [1.165, 1.54) is 0 Å². The van der Waals surface area contributed by atoms with Crippen molar-refractivity contribution < 1.29 is 19.1 Å². The van der Waals surface area contributed by atoms with Crippen LogP contribution in [0.2, 0.25) is 0 Å². The van der Waals surface area contributed by atoms with Gasteiger partial charge in [-0.3, -0.25) is 9.59 Å². The fourth-order valence-corrected chi connectivity index (χ4v) is 2.83. The van der Waals surface area contributed by atoms with Crippen LogP contribution in [0.1, 0.15) is 40.5 Å². The van der Waals surface area contributed by atoms with Crippen molar-refractivity contribution in [3.63, 3.8) is 0 Å². The average molecular weight is 242 g/mol. The maximum absolute atomic E-state index is 12.2. The molecule has 1 aliphatic rings. The standard InChI is InChI=1S/C13H22O4/c1-5-16-11(14)13(12(15)17-6-2)9(3)7-8-10(13)4/h9-10H,5-8H2,1-4H3. The average Bonchev–Trinajstić information content (AvgIpc) is 2.56. The van der Waals surface area contributed by atoms with Gasteiger partial charge in [-0.05, 0) is 38.5 Å². The first-order valence-electron chi connectivity index (χ1n) is 6.36. The van der Waals surface area contributed by atoms with Gasteiger partial charge in [0.25, 0.3) is 0 Å². The van der Waals surface area contributed by atoms with E-state index in [1.54, 1.807) is 13.8 Å². The van der Waals surface area contributed by atoms with Crippen molar-refractivity contribution in [3.05, 3.63) is 0 Å². The molecule has 0 N–H and O–H groups in total. The van der Waals surface area contributed by atoms with Gasteiger partial charge in [0.15, 0.2) is 5.41 Å². The Morgan fingerprint density at radius 2 is 1.35 bits per heavy atom. The molecule has 4 nitrogen and oxygen atoms in total. The van der Waals surface area contributed by atoms with Gasteiger partial charge in [0.1, 0.15) is 0 Å². The van der Waals surface area contributed by atoms with E-state index in [0.29, 0.717) is 13.2 Å². The maximum atomic E-state index is 12.2. The highest BCUT2D eigenvalue weighted by Crippen LogP contribution is 2.49. The normalized spacial score (nSPS) is 26.6. The van der Waals surface area contributed by atoms with E-state index in [2.05, 4.69) is 0 Å². The zero-order chi connectivity index (χ0) is 13.1. The Balaban J connectivity index is 3.07. The number of ether oxygens (including phenoxy) is 2. The second-order valence-corrected chi connectivity index (χ2v) is 4.69. The van der Waals surface area contributed by atoms with E-state index < -0.39 is 17.4 Å². The highest BCUT2D eigenvalue weighted by molar-refractivity contribution is 6.01. The quantitative estimate of drug-likeness (QED) is 0.560. The van der Waals surface area contributed by atoms with Gasteiger partial charge < -0.3 is 9.47 Å². The van der Waals surface area contributed by atoms with Crippen LogP contribution in [0.25, 0.3) is 0 Å². The number of hydrogen-bond acceptors (Lipinski definition) is 4. The summed E-state index contributed by atoms with van der Waals surface area (Å²) in [6.07, 6.45) is 1.72. The lowest BCUT2D eigenvalue weighted by molar-refractivity contribution is -0.178. The molecule has 17 heavy (non-hydrogen) atoms. The van der Waals surface area contributed by atoms with Crippen molar-refractivity contribution in [1.82, 2.24) is 0 Å². The summed E-state index contributed by atoms with van der Waals surface area (Å²) in [5, 5.41) is 0. The highest BCUT2D eigenvalue weighted by Gasteiger charge is 2.59. The minimum Gasteiger partial charge on any atom is -0.465 e. The Kier molecular flexibility index (Phi) is 4.54. The molecule has 0 aromatic heterocycles. The molecule has 98 valence electrons. The summed E-state index contributed by atoms with van der Waals surface area (Å²) in [4.78, 5) is 24.4. The van der Waals surface area contributed by atoms with Crippen LogP contribution < -0.4 is 0 Å². The van der Waals surface area contributed by atoms with Crippen LogP contribution in [0, 0.1) is 17.3 Å². The summed E-state index contributed by atoms with van der Waals surface area (Å²) < 4.78 is 10.2. The molecular weight excluding hydrogens is 220 g/mol. The second-order valence-electron chi connectivity index (χ2n) is 4.69. The molecule has 0 aliphatic heterocycles. The molecule has 0 heterocycles. The van der Waals surface area contributed by atoms with Crippen LogP contribution in [-0.4, -0.2) is 25.2 Å². The zero-order valence-electron chi connectivity index (χ0n) is 11.1. The molecule has 0 amide bonds. The molecule has 0 aromatic carbocycles. The van der Waals surface area contributed by atoms with Crippen LogP contribution in [0.15, 0.2) is 0 Å². The van der Waals surface area contributed by atoms with Crippen LogP contribution >= 0.6 is 0 Å². The Labute approximate surface area is 103 Å². The van der Waals surface area contributed by atoms with Crippen molar-refractivity contribution in [2.24, 2.45) is 17.3 Å². The second kappa shape index (κ2) is 5.52. The van der Waals surface area contributed by atoms with Gasteiger partial charge in [0.2, 0.25) is 0 Å².